The van der Waals surface area contributed by atoms with Gasteiger partial charge in [0.05, 0.1) is 12.1 Å². The van der Waals surface area contributed by atoms with Gasteiger partial charge in [0, 0.05) is 6.54 Å². The molecule has 0 bridgehead atoms. The molecule has 0 aromatic heterocycles. The molecule has 1 spiro atoms. The monoisotopic (exact) mass is 237 g/mol. The molecule has 2 N–H and O–H groups in total. The Balaban J connectivity index is 2.26. The molecule has 17 heavy (non-hydrogen) atoms. The van der Waals surface area contributed by atoms with Gasteiger partial charge in [-0.3, -0.25) is 4.99 Å². The van der Waals surface area contributed by atoms with E-state index in [0.29, 0.717) is 17.3 Å². The average molecular weight is 237 g/mol. The average Bonchev–Trinajstić information content (AvgIpc) is 2.57. The fourth-order valence-electron chi connectivity index (χ4n) is 3.92. The molecule has 3 heteroatoms. The Hall–Kier alpha value is -0.730. The first-order chi connectivity index (χ1) is 7.77. The van der Waals surface area contributed by atoms with Crippen LogP contribution < -0.4 is 5.73 Å². The van der Waals surface area contributed by atoms with E-state index in [9.17, 15) is 0 Å². The predicted octanol–water partition coefficient (Wildman–Crippen LogP) is 2.47. The summed E-state index contributed by atoms with van der Waals surface area (Å²) in [6, 6.07) is 0. The fourth-order valence-corrected chi connectivity index (χ4v) is 3.92. The van der Waals surface area contributed by atoms with E-state index in [2.05, 4.69) is 44.5 Å². The third-order valence-corrected chi connectivity index (χ3v) is 4.44. The van der Waals surface area contributed by atoms with Gasteiger partial charge in [0.25, 0.3) is 0 Å². The van der Waals surface area contributed by atoms with Crippen molar-refractivity contribution >= 4 is 5.96 Å². The molecule has 3 nitrogen and oxygen atoms in total. The van der Waals surface area contributed by atoms with Crippen LogP contribution in [0.5, 0.6) is 0 Å². The van der Waals surface area contributed by atoms with Gasteiger partial charge < -0.3 is 10.6 Å². The maximum Gasteiger partial charge on any atom is 0.191 e. The summed E-state index contributed by atoms with van der Waals surface area (Å²) < 4.78 is 0. The minimum absolute atomic E-state index is 0.206. The Bertz CT molecular complexity index is 332. The standard InChI is InChI=1S/C14H27N3/c1-10(2)7-17-12(15)16-9-14(17)8-13(4,5)6-11(14)3/h10-11H,6-9H2,1-5H3,(H2,15,16). The van der Waals surface area contributed by atoms with Crippen molar-refractivity contribution in [3.8, 4) is 0 Å². The Kier molecular flexibility index (Phi) is 2.91. The van der Waals surface area contributed by atoms with Gasteiger partial charge in [-0.25, -0.2) is 0 Å². The zero-order chi connectivity index (χ0) is 12.8. The van der Waals surface area contributed by atoms with Gasteiger partial charge in [0.1, 0.15) is 0 Å². The highest BCUT2D eigenvalue weighted by Crippen LogP contribution is 2.52. The highest BCUT2D eigenvalue weighted by atomic mass is 15.4. The molecule has 2 atom stereocenters. The van der Waals surface area contributed by atoms with Crippen molar-refractivity contribution in [1.82, 2.24) is 4.90 Å². The van der Waals surface area contributed by atoms with Crippen molar-refractivity contribution < 1.29 is 0 Å². The first-order valence-electron chi connectivity index (χ1n) is 6.84. The number of nitrogens with two attached hydrogens (primary N) is 1. The summed E-state index contributed by atoms with van der Waals surface area (Å²) in [6.07, 6.45) is 2.50. The molecule has 1 aliphatic carbocycles. The summed E-state index contributed by atoms with van der Waals surface area (Å²) in [7, 11) is 0. The smallest absolute Gasteiger partial charge is 0.191 e. The Morgan fingerprint density at radius 3 is 2.59 bits per heavy atom. The summed E-state index contributed by atoms with van der Waals surface area (Å²) >= 11 is 0. The van der Waals surface area contributed by atoms with Crippen LogP contribution >= 0.6 is 0 Å². The van der Waals surface area contributed by atoms with Crippen LogP contribution in [0.25, 0.3) is 0 Å². The molecule has 1 aliphatic heterocycles. The number of hydrogen-bond acceptors (Lipinski definition) is 3. The quantitative estimate of drug-likeness (QED) is 0.801. The van der Waals surface area contributed by atoms with Gasteiger partial charge >= 0.3 is 0 Å². The Labute approximate surface area is 105 Å². The molecule has 2 aliphatic rings. The van der Waals surface area contributed by atoms with Gasteiger partial charge in [-0.2, -0.15) is 0 Å². The van der Waals surface area contributed by atoms with Crippen LogP contribution in [0.3, 0.4) is 0 Å². The van der Waals surface area contributed by atoms with Crippen molar-refractivity contribution in [3.63, 3.8) is 0 Å². The second kappa shape index (κ2) is 3.89. The van der Waals surface area contributed by atoms with Crippen LogP contribution in [-0.2, 0) is 0 Å². The summed E-state index contributed by atoms with van der Waals surface area (Å²) in [5.41, 5.74) is 6.74. The fraction of sp³-hybridized carbons (Fsp3) is 0.929. The van der Waals surface area contributed by atoms with Crippen LogP contribution in [0.2, 0.25) is 0 Å². The lowest BCUT2D eigenvalue weighted by Gasteiger charge is -2.41. The second-order valence-corrected chi connectivity index (χ2v) is 7.23. The van der Waals surface area contributed by atoms with Crippen LogP contribution in [0.4, 0.5) is 0 Å². The van der Waals surface area contributed by atoms with Crippen molar-refractivity contribution in [2.45, 2.75) is 53.0 Å². The normalized spacial score (nSPS) is 36.0. The minimum Gasteiger partial charge on any atom is -0.370 e. The van der Waals surface area contributed by atoms with E-state index in [1.807, 2.05) is 0 Å². The molecule has 2 unspecified atom stereocenters. The molecule has 0 aromatic carbocycles. The highest BCUT2D eigenvalue weighted by Gasteiger charge is 2.54. The number of nitrogens with zero attached hydrogens (tertiary/aromatic N) is 2. The van der Waals surface area contributed by atoms with E-state index < -0.39 is 0 Å². The number of hydrogen-bond donors (Lipinski definition) is 1. The Morgan fingerprint density at radius 2 is 2.12 bits per heavy atom. The molecule has 1 heterocycles. The first kappa shape index (κ1) is 12.7. The van der Waals surface area contributed by atoms with Gasteiger partial charge in [0.15, 0.2) is 5.96 Å². The van der Waals surface area contributed by atoms with E-state index in [1.165, 1.54) is 12.8 Å². The van der Waals surface area contributed by atoms with Crippen LogP contribution in [-0.4, -0.2) is 29.5 Å². The predicted molar refractivity (Wildman–Crippen MR) is 72.9 cm³/mol. The lowest BCUT2D eigenvalue weighted by molar-refractivity contribution is 0.136. The van der Waals surface area contributed by atoms with E-state index in [1.54, 1.807) is 0 Å². The second-order valence-electron chi connectivity index (χ2n) is 7.23. The molecule has 1 fully saturated rings. The maximum absolute atomic E-state index is 6.11. The minimum atomic E-state index is 0.206. The maximum atomic E-state index is 6.11. The zero-order valence-corrected chi connectivity index (χ0v) is 12.0. The summed E-state index contributed by atoms with van der Waals surface area (Å²) in [6.45, 7) is 13.6. The van der Waals surface area contributed by atoms with Crippen molar-refractivity contribution in [1.29, 1.82) is 0 Å². The molecular formula is C14H27N3. The molecule has 98 valence electrons. The molecule has 1 saturated carbocycles. The lowest BCUT2D eigenvalue weighted by Crippen LogP contribution is -2.54. The molecule has 2 rings (SSSR count). The summed E-state index contributed by atoms with van der Waals surface area (Å²) in [5.74, 6) is 2.08. The third-order valence-electron chi connectivity index (χ3n) is 4.44. The molecule has 0 aromatic rings. The molecular weight excluding hydrogens is 210 g/mol. The van der Waals surface area contributed by atoms with Gasteiger partial charge in [0.2, 0.25) is 0 Å². The summed E-state index contributed by atoms with van der Waals surface area (Å²) in [4.78, 5) is 6.94. The number of guanidine groups is 1. The zero-order valence-electron chi connectivity index (χ0n) is 12.0. The lowest BCUT2D eigenvalue weighted by atomic mass is 9.85. The topological polar surface area (TPSA) is 41.6 Å². The van der Waals surface area contributed by atoms with Crippen molar-refractivity contribution in [2.24, 2.45) is 28.0 Å². The third kappa shape index (κ3) is 2.04. The molecule has 0 radical (unpaired) electrons. The van der Waals surface area contributed by atoms with E-state index in [4.69, 9.17) is 5.73 Å². The van der Waals surface area contributed by atoms with Crippen molar-refractivity contribution in [2.75, 3.05) is 13.1 Å². The number of rotatable bonds is 2. The van der Waals surface area contributed by atoms with Gasteiger partial charge in [-0.1, -0.05) is 34.6 Å². The molecule has 0 saturated heterocycles. The van der Waals surface area contributed by atoms with E-state index in [0.717, 1.165) is 19.0 Å². The van der Waals surface area contributed by atoms with E-state index >= 15 is 0 Å². The highest BCUT2D eigenvalue weighted by molar-refractivity contribution is 5.81. The summed E-state index contributed by atoms with van der Waals surface area (Å²) in [5, 5.41) is 0. The molecule has 0 amide bonds. The van der Waals surface area contributed by atoms with Crippen molar-refractivity contribution in [3.05, 3.63) is 0 Å². The van der Waals surface area contributed by atoms with Crippen LogP contribution in [0, 0.1) is 17.3 Å². The Morgan fingerprint density at radius 1 is 1.47 bits per heavy atom. The van der Waals surface area contributed by atoms with E-state index in [-0.39, 0.29) is 5.54 Å². The largest absolute Gasteiger partial charge is 0.370 e. The van der Waals surface area contributed by atoms with Crippen LogP contribution in [0.15, 0.2) is 4.99 Å². The van der Waals surface area contributed by atoms with Gasteiger partial charge in [-0.15, -0.1) is 0 Å². The van der Waals surface area contributed by atoms with Gasteiger partial charge in [-0.05, 0) is 30.1 Å². The SMILES string of the molecule is CC(C)CN1C(N)=NCC12CC(C)(C)CC2C. The van der Waals surface area contributed by atoms with Crippen LogP contribution in [0.1, 0.15) is 47.5 Å². The first-order valence-corrected chi connectivity index (χ1v) is 6.84. The number of aliphatic imine (C=N–C) groups is 1.